The highest BCUT2D eigenvalue weighted by Gasteiger charge is 2.19. The van der Waals surface area contributed by atoms with Crippen molar-refractivity contribution >= 4 is 17.9 Å². The van der Waals surface area contributed by atoms with Gasteiger partial charge in [0.1, 0.15) is 13.2 Å². The Hall–Kier alpha value is -3.15. The maximum absolute atomic E-state index is 12.8. The predicted molar refractivity (Wildman–Crippen MR) is 335 cm³/mol. The van der Waals surface area contributed by atoms with Crippen molar-refractivity contribution < 1.29 is 28.6 Å². The molecule has 0 fully saturated rings. The molecule has 0 saturated heterocycles. The van der Waals surface area contributed by atoms with Gasteiger partial charge in [-0.15, -0.1) is 0 Å². The van der Waals surface area contributed by atoms with Crippen molar-refractivity contribution in [2.45, 2.75) is 348 Å². The Kier molecular flexibility index (Phi) is 62.7. The molecule has 1 unspecified atom stereocenters. The number of carbonyl (C=O) groups is 3. The van der Waals surface area contributed by atoms with Crippen molar-refractivity contribution in [3.8, 4) is 0 Å². The second-order valence-corrected chi connectivity index (χ2v) is 22.3. The fraction of sp³-hybridized carbons (Fsp3) is 0.789. The van der Waals surface area contributed by atoms with Gasteiger partial charge < -0.3 is 14.2 Å². The average molecular weight is 1080 g/mol. The zero-order valence-corrected chi connectivity index (χ0v) is 51.2. The van der Waals surface area contributed by atoms with Gasteiger partial charge in [0.25, 0.3) is 0 Å². The molecule has 0 heterocycles. The van der Waals surface area contributed by atoms with Crippen LogP contribution in [-0.4, -0.2) is 37.2 Å². The molecule has 0 N–H and O–H groups in total. The van der Waals surface area contributed by atoms with Crippen LogP contribution in [0.4, 0.5) is 0 Å². The van der Waals surface area contributed by atoms with Crippen LogP contribution in [-0.2, 0) is 28.6 Å². The van der Waals surface area contributed by atoms with Crippen LogP contribution in [0.15, 0.2) is 72.9 Å². The summed E-state index contributed by atoms with van der Waals surface area (Å²) in [5, 5.41) is 0. The summed E-state index contributed by atoms with van der Waals surface area (Å²) in [6.07, 6.45) is 85.2. The number of ether oxygens (including phenoxy) is 3. The van der Waals surface area contributed by atoms with Crippen LogP contribution in [0.1, 0.15) is 342 Å². The summed E-state index contributed by atoms with van der Waals surface area (Å²) in [6.45, 7) is 6.50. The van der Waals surface area contributed by atoms with E-state index in [1.165, 1.54) is 199 Å². The van der Waals surface area contributed by atoms with Gasteiger partial charge in [0.2, 0.25) is 0 Å². The molecule has 0 spiro atoms. The third-order valence-corrected chi connectivity index (χ3v) is 14.7. The van der Waals surface area contributed by atoms with Gasteiger partial charge in [-0.05, 0) is 109 Å². The Morgan fingerprint density at radius 3 is 0.805 bits per heavy atom. The topological polar surface area (TPSA) is 78.9 Å². The molecular weight excluding hydrogens is 949 g/mol. The molecule has 0 rings (SSSR count). The van der Waals surface area contributed by atoms with Crippen LogP contribution < -0.4 is 0 Å². The van der Waals surface area contributed by atoms with Crippen molar-refractivity contribution in [3.05, 3.63) is 72.9 Å². The summed E-state index contributed by atoms with van der Waals surface area (Å²) >= 11 is 0. The van der Waals surface area contributed by atoms with Crippen molar-refractivity contribution in [2.24, 2.45) is 0 Å². The molecular formula is C71H126O6. The van der Waals surface area contributed by atoms with Crippen LogP contribution in [0.25, 0.3) is 0 Å². The average Bonchev–Trinajstić information content (AvgIpc) is 3.43. The van der Waals surface area contributed by atoms with Crippen LogP contribution in [0, 0.1) is 0 Å². The maximum atomic E-state index is 12.8. The normalized spacial score (nSPS) is 12.5. The summed E-state index contributed by atoms with van der Waals surface area (Å²) in [7, 11) is 0. The molecule has 0 aromatic rings. The van der Waals surface area contributed by atoms with Gasteiger partial charge in [-0.25, -0.2) is 0 Å². The summed E-state index contributed by atoms with van der Waals surface area (Å²) in [5.74, 6) is -0.880. The van der Waals surface area contributed by atoms with E-state index >= 15 is 0 Å². The summed E-state index contributed by atoms with van der Waals surface area (Å²) in [4.78, 5) is 38.2. The predicted octanol–water partition coefficient (Wildman–Crippen LogP) is 22.9. The van der Waals surface area contributed by atoms with Crippen molar-refractivity contribution in [2.75, 3.05) is 13.2 Å². The Bertz CT molecular complexity index is 1420. The maximum Gasteiger partial charge on any atom is 0.306 e. The van der Waals surface area contributed by atoms with Gasteiger partial charge in [-0.3, -0.25) is 14.4 Å². The zero-order chi connectivity index (χ0) is 55.7. The minimum atomic E-state index is -0.779. The molecule has 77 heavy (non-hydrogen) atoms. The molecule has 0 aliphatic rings. The molecule has 0 amide bonds. The number of esters is 3. The zero-order valence-electron chi connectivity index (χ0n) is 51.2. The van der Waals surface area contributed by atoms with Gasteiger partial charge in [0, 0.05) is 19.3 Å². The molecule has 6 heteroatoms. The van der Waals surface area contributed by atoms with Crippen LogP contribution >= 0.6 is 0 Å². The molecule has 0 aromatic heterocycles. The smallest absolute Gasteiger partial charge is 0.306 e. The van der Waals surface area contributed by atoms with E-state index in [9.17, 15) is 14.4 Å². The van der Waals surface area contributed by atoms with Gasteiger partial charge in [-0.1, -0.05) is 286 Å². The minimum absolute atomic E-state index is 0.0767. The van der Waals surface area contributed by atoms with E-state index in [1.807, 2.05) is 0 Å². The molecule has 0 aromatic carbocycles. The first-order valence-corrected chi connectivity index (χ1v) is 33.4. The van der Waals surface area contributed by atoms with Crippen molar-refractivity contribution in [1.82, 2.24) is 0 Å². The van der Waals surface area contributed by atoms with E-state index in [0.29, 0.717) is 19.3 Å². The third kappa shape index (κ3) is 63.6. The number of unbranched alkanes of at least 4 members (excludes halogenated alkanes) is 38. The minimum Gasteiger partial charge on any atom is -0.462 e. The summed E-state index contributed by atoms with van der Waals surface area (Å²) < 4.78 is 16.9. The van der Waals surface area contributed by atoms with Crippen LogP contribution in [0.3, 0.4) is 0 Å². The lowest BCUT2D eigenvalue weighted by molar-refractivity contribution is -0.167. The van der Waals surface area contributed by atoms with Gasteiger partial charge in [0.05, 0.1) is 0 Å². The van der Waals surface area contributed by atoms with Crippen LogP contribution in [0.2, 0.25) is 0 Å². The molecule has 0 radical (unpaired) electrons. The number of carbonyl (C=O) groups excluding carboxylic acids is 3. The van der Waals surface area contributed by atoms with Crippen molar-refractivity contribution in [1.29, 1.82) is 0 Å². The second-order valence-electron chi connectivity index (χ2n) is 22.3. The van der Waals surface area contributed by atoms with E-state index in [-0.39, 0.29) is 31.1 Å². The Balaban J connectivity index is 4.01. The fourth-order valence-corrected chi connectivity index (χ4v) is 9.66. The molecule has 0 aliphatic carbocycles. The largest absolute Gasteiger partial charge is 0.462 e. The molecule has 0 aliphatic heterocycles. The molecule has 6 nitrogen and oxygen atoms in total. The highest BCUT2D eigenvalue weighted by molar-refractivity contribution is 5.71. The van der Waals surface area contributed by atoms with Gasteiger partial charge in [0.15, 0.2) is 6.10 Å². The van der Waals surface area contributed by atoms with E-state index in [0.717, 1.165) is 103 Å². The summed E-state index contributed by atoms with van der Waals surface area (Å²) in [5.41, 5.74) is 0. The fourth-order valence-electron chi connectivity index (χ4n) is 9.66. The first-order chi connectivity index (χ1) is 38.0. The number of hydrogen-bond donors (Lipinski definition) is 0. The highest BCUT2D eigenvalue weighted by atomic mass is 16.6. The summed E-state index contributed by atoms with van der Waals surface area (Å²) in [6, 6.07) is 0. The van der Waals surface area contributed by atoms with E-state index in [2.05, 4.69) is 93.7 Å². The third-order valence-electron chi connectivity index (χ3n) is 14.7. The van der Waals surface area contributed by atoms with E-state index in [1.54, 1.807) is 0 Å². The van der Waals surface area contributed by atoms with Crippen LogP contribution in [0.5, 0.6) is 0 Å². The monoisotopic (exact) mass is 1070 g/mol. The highest BCUT2D eigenvalue weighted by Crippen LogP contribution is 2.17. The van der Waals surface area contributed by atoms with E-state index in [4.69, 9.17) is 14.2 Å². The first kappa shape index (κ1) is 73.8. The molecule has 446 valence electrons. The molecule has 1 atom stereocenters. The Labute approximate surface area is 478 Å². The lowest BCUT2D eigenvalue weighted by atomic mass is 10.0. The SMILES string of the molecule is CC/C=C\C/C=C\C/C=C\C/C=C\CCCCCCCCCCCCCCCCCCCCCCCCC(=O)OCC(COC(=O)CCCCCCC/C=C\CCCCC)OC(=O)CCCCCCC/C=C\CCCCC. The van der Waals surface area contributed by atoms with Gasteiger partial charge in [-0.2, -0.15) is 0 Å². The lowest BCUT2D eigenvalue weighted by Crippen LogP contribution is -2.30. The number of allylic oxidation sites excluding steroid dienone is 12. The van der Waals surface area contributed by atoms with E-state index < -0.39 is 6.10 Å². The van der Waals surface area contributed by atoms with Crippen molar-refractivity contribution in [3.63, 3.8) is 0 Å². The standard InChI is InChI=1S/C71H126O6/c1-4-7-10-13-16-19-22-25-26-27-28-29-30-31-32-33-34-35-36-37-38-39-40-41-42-43-44-45-46-47-50-52-55-58-61-64-70(73)76-67-68(77-71(74)65-62-59-56-53-49-24-21-18-15-12-9-6-3)66-75-69(72)63-60-57-54-51-48-23-20-17-14-11-8-5-2/h7,10,16-21,25-26,28-29,68H,4-6,8-9,11-15,22-24,27,30-67H2,1-3H3/b10-7-,19-16-,20-17-,21-18-,26-25-,29-28-. The molecule has 0 saturated carbocycles. The molecule has 0 bridgehead atoms. The Morgan fingerprint density at radius 2 is 0.506 bits per heavy atom. The Morgan fingerprint density at radius 1 is 0.273 bits per heavy atom. The first-order valence-electron chi connectivity index (χ1n) is 33.4. The number of hydrogen-bond acceptors (Lipinski definition) is 6. The number of rotatable bonds is 61. The second kappa shape index (κ2) is 65.4. The lowest BCUT2D eigenvalue weighted by Gasteiger charge is -2.18. The quantitative estimate of drug-likeness (QED) is 0.0261. The van der Waals surface area contributed by atoms with Gasteiger partial charge >= 0.3 is 17.9 Å².